The lowest BCUT2D eigenvalue weighted by atomic mass is 10.0. The molecule has 0 aliphatic carbocycles. The topological polar surface area (TPSA) is 18.5 Å². The molecule has 0 amide bonds. The summed E-state index contributed by atoms with van der Waals surface area (Å²) in [5, 5.41) is 1.01. The van der Waals surface area contributed by atoms with Crippen molar-refractivity contribution in [2.45, 2.75) is 90.9 Å². The van der Waals surface area contributed by atoms with Crippen molar-refractivity contribution < 1.29 is 9.47 Å². The second-order valence-corrected chi connectivity index (χ2v) is 10.5. The van der Waals surface area contributed by atoms with Crippen molar-refractivity contribution in [3.05, 3.63) is 60.7 Å². The minimum atomic E-state index is 0.800. The van der Waals surface area contributed by atoms with Crippen LogP contribution in [0, 0.1) is 0 Å². The Bertz CT molecular complexity index is 927. The fourth-order valence-electron chi connectivity index (χ4n) is 4.22. The van der Waals surface area contributed by atoms with Crippen molar-refractivity contribution >= 4 is 11.3 Å². The lowest BCUT2D eigenvalue weighted by molar-refractivity contribution is 0.304. The van der Waals surface area contributed by atoms with Crippen LogP contribution < -0.4 is 9.47 Å². The van der Waals surface area contributed by atoms with Gasteiger partial charge in [-0.1, -0.05) is 126 Å². The third kappa shape index (κ3) is 10.1. The molecule has 35 heavy (non-hydrogen) atoms. The van der Waals surface area contributed by atoms with Gasteiger partial charge in [0.2, 0.25) is 0 Å². The molecular weight excluding hydrogens is 448 g/mol. The zero-order valence-electron chi connectivity index (χ0n) is 21.9. The van der Waals surface area contributed by atoms with Crippen LogP contribution in [0.2, 0.25) is 0 Å². The zero-order valence-corrected chi connectivity index (χ0v) is 22.7. The molecule has 0 unspecified atom stereocenters. The molecule has 0 saturated heterocycles. The van der Waals surface area contributed by atoms with Gasteiger partial charge in [0, 0.05) is 4.88 Å². The highest BCUT2D eigenvalue weighted by molar-refractivity contribution is 7.17. The van der Waals surface area contributed by atoms with Gasteiger partial charge in [-0.05, 0) is 53.8 Å². The Morgan fingerprint density at radius 1 is 0.486 bits per heavy atom. The number of hydrogen-bond donors (Lipinski definition) is 0. The van der Waals surface area contributed by atoms with Crippen LogP contribution in [0.15, 0.2) is 60.7 Å². The summed E-state index contributed by atoms with van der Waals surface area (Å²) in [5.41, 5.74) is 3.68. The number of rotatable bonds is 18. The maximum atomic E-state index is 5.97. The Hall–Kier alpha value is -2.26. The van der Waals surface area contributed by atoms with Crippen LogP contribution in [-0.2, 0) is 0 Å². The number of hydrogen-bond acceptors (Lipinski definition) is 3. The SMILES string of the molecule is CCCCCCCCCCCCOc1ccc(-c2ccc(-c3ccc(OCCCC)s3)cc2)cc1. The molecule has 3 aromatic rings. The van der Waals surface area contributed by atoms with E-state index in [1.165, 1.54) is 79.4 Å². The van der Waals surface area contributed by atoms with E-state index < -0.39 is 0 Å². The van der Waals surface area contributed by atoms with Crippen molar-refractivity contribution in [3.63, 3.8) is 0 Å². The molecule has 0 N–H and O–H groups in total. The van der Waals surface area contributed by atoms with Crippen LogP contribution in [0.4, 0.5) is 0 Å². The minimum Gasteiger partial charge on any atom is -0.494 e. The minimum absolute atomic E-state index is 0.800. The molecule has 3 heteroatoms. The summed E-state index contributed by atoms with van der Waals surface area (Å²) >= 11 is 1.72. The van der Waals surface area contributed by atoms with Gasteiger partial charge in [0.1, 0.15) is 5.75 Å². The molecule has 2 aromatic carbocycles. The van der Waals surface area contributed by atoms with Crippen LogP contribution in [0.1, 0.15) is 90.9 Å². The molecule has 0 radical (unpaired) electrons. The van der Waals surface area contributed by atoms with E-state index in [9.17, 15) is 0 Å². The van der Waals surface area contributed by atoms with E-state index >= 15 is 0 Å². The summed E-state index contributed by atoms with van der Waals surface area (Å²) in [4.78, 5) is 1.25. The van der Waals surface area contributed by atoms with E-state index in [2.05, 4.69) is 74.5 Å². The maximum Gasteiger partial charge on any atom is 0.174 e. The molecule has 0 aliphatic rings. The summed E-state index contributed by atoms with van der Waals surface area (Å²) in [6.07, 6.45) is 15.8. The van der Waals surface area contributed by atoms with Crippen LogP contribution >= 0.6 is 11.3 Å². The monoisotopic (exact) mass is 492 g/mol. The van der Waals surface area contributed by atoms with E-state index in [1.54, 1.807) is 11.3 Å². The van der Waals surface area contributed by atoms with Crippen LogP contribution in [0.3, 0.4) is 0 Å². The van der Waals surface area contributed by atoms with Crippen molar-refractivity contribution in [1.82, 2.24) is 0 Å². The Morgan fingerprint density at radius 2 is 1.00 bits per heavy atom. The van der Waals surface area contributed by atoms with Gasteiger partial charge in [0.25, 0.3) is 0 Å². The third-order valence-corrected chi connectivity index (χ3v) is 7.49. The summed E-state index contributed by atoms with van der Waals surface area (Å²) in [5.74, 6) is 0.968. The summed E-state index contributed by atoms with van der Waals surface area (Å²) in [6.45, 7) is 6.08. The second kappa shape index (κ2) is 16.4. The van der Waals surface area contributed by atoms with Gasteiger partial charge in [-0.3, -0.25) is 0 Å². The molecule has 0 aliphatic heterocycles. The van der Waals surface area contributed by atoms with Crippen LogP contribution in [0.5, 0.6) is 10.8 Å². The first kappa shape index (κ1) is 27.3. The van der Waals surface area contributed by atoms with E-state index in [-0.39, 0.29) is 0 Å². The fourth-order valence-corrected chi connectivity index (χ4v) is 5.11. The average Bonchev–Trinajstić information content (AvgIpc) is 3.37. The predicted octanol–water partition coefficient (Wildman–Crippen LogP) is 10.6. The number of benzene rings is 2. The molecule has 0 bridgehead atoms. The summed E-state index contributed by atoms with van der Waals surface area (Å²) in [7, 11) is 0. The van der Waals surface area contributed by atoms with E-state index in [0.29, 0.717) is 0 Å². The highest BCUT2D eigenvalue weighted by atomic mass is 32.1. The molecule has 190 valence electrons. The van der Waals surface area contributed by atoms with Gasteiger partial charge in [-0.25, -0.2) is 0 Å². The molecule has 1 aromatic heterocycles. The molecule has 2 nitrogen and oxygen atoms in total. The smallest absolute Gasteiger partial charge is 0.174 e. The lowest BCUT2D eigenvalue weighted by Crippen LogP contribution is -1.97. The molecule has 3 rings (SSSR count). The first-order chi connectivity index (χ1) is 17.3. The number of thiophene rings is 1. The molecular formula is C32H44O2S. The number of unbranched alkanes of at least 4 members (excludes halogenated alkanes) is 10. The molecule has 0 atom stereocenters. The zero-order chi connectivity index (χ0) is 24.6. The van der Waals surface area contributed by atoms with Gasteiger partial charge in [0.15, 0.2) is 5.06 Å². The Kier molecular flexibility index (Phi) is 12.8. The molecule has 0 fully saturated rings. The molecule has 0 spiro atoms. The summed E-state index contributed by atoms with van der Waals surface area (Å²) < 4.78 is 11.8. The largest absolute Gasteiger partial charge is 0.494 e. The second-order valence-electron chi connectivity index (χ2n) is 9.45. The standard InChI is InChI=1S/C32H44O2S/c1-3-5-7-8-9-10-11-12-13-14-26-33-30-21-19-28(20-22-30)27-15-17-29(18-16-27)31-23-24-32(35-31)34-25-6-4-2/h15-24H,3-14,25-26H2,1-2H3. The third-order valence-electron chi connectivity index (χ3n) is 6.45. The van der Waals surface area contributed by atoms with E-state index in [0.717, 1.165) is 43.3 Å². The van der Waals surface area contributed by atoms with Crippen molar-refractivity contribution in [3.8, 4) is 32.4 Å². The van der Waals surface area contributed by atoms with Gasteiger partial charge in [0.05, 0.1) is 13.2 Å². The Balaban J connectivity index is 1.35. The fraction of sp³-hybridized carbons (Fsp3) is 0.500. The van der Waals surface area contributed by atoms with Crippen LogP contribution in [-0.4, -0.2) is 13.2 Å². The maximum absolute atomic E-state index is 5.97. The Labute approximate surface area is 217 Å². The molecule has 1 heterocycles. The Morgan fingerprint density at radius 3 is 1.63 bits per heavy atom. The highest BCUT2D eigenvalue weighted by Gasteiger charge is 2.05. The molecule has 0 saturated carbocycles. The van der Waals surface area contributed by atoms with E-state index in [1.807, 2.05) is 0 Å². The first-order valence-corrected chi connectivity index (χ1v) is 14.7. The normalized spacial score (nSPS) is 11.0. The first-order valence-electron chi connectivity index (χ1n) is 13.9. The van der Waals surface area contributed by atoms with Gasteiger partial charge in [-0.2, -0.15) is 0 Å². The summed E-state index contributed by atoms with van der Waals surface area (Å²) in [6, 6.07) is 21.6. The number of ether oxygens (including phenoxy) is 2. The highest BCUT2D eigenvalue weighted by Crippen LogP contribution is 2.34. The van der Waals surface area contributed by atoms with Crippen molar-refractivity contribution in [1.29, 1.82) is 0 Å². The van der Waals surface area contributed by atoms with Gasteiger partial charge >= 0.3 is 0 Å². The van der Waals surface area contributed by atoms with Crippen molar-refractivity contribution in [2.24, 2.45) is 0 Å². The predicted molar refractivity (Wildman–Crippen MR) is 153 cm³/mol. The van der Waals surface area contributed by atoms with E-state index in [4.69, 9.17) is 9.47 Å². The quantitative estimate of drug-likeness (QED) is 0.164. The van der Waals surface area contributed by atoms with Crippen LogP contribution in [0.25, 0.3) is 21.6 Å². The van der Waals surface area contributed by atoms with Crippen molar-refractivity contribution in [2.75, 3.05) is 13.2 Å². The van der Waals surface area contributed by atoms with Gasteiger partial charge in [-0.15, -0.1) is 0 Å². The van der Waals surface area contributed by atoms with Gasteiger partial charge < -0.3 is 9.47 Å². The lowest BCUT2D eigenvalue weighted by Gasteiger charge is -2.08. The average molecular weight is 493 g/mol.